The van der Waals surface area contributed by atoms with Crippen LogP contribution in [0.15, 0.2) is 6.20 Å². The molecule has 0 radical (unpaired) electrons. The number of halogens is 1. The quantitative estimate of drug-likeness (QED) is 0.859. The van der Waals surface area contributed by atoms with E-state index in [1.54, 1.807) is 0 Å². The lowest BCUT2D eigenvalue weighted by Crippen LogP contribution is -2.30. The maximum atomic E-state index is 8.76. The number of nitrogens with one attached hydrogen (secondary N) is 1. The maximum absolute atomic E-state index is 8.76. The van der Waals surface area contributed by atoms with E-state index in [0.29, 0.717) is 23.7 Å². The molecule has 0 aromatic carbocycles. The molecule has 1 aliphatic rings. The Morgan fingerprint density at radius 3 is 2.79 bits per heavy atom. The third-order valence-corrected chi connectivity index (χ3v) is 3.56. The van der Waals surface area contributed by atoms with Crippen molar-refractivity contribution in [2.75, 3.05) is 11.9 Å². The van der Waals surface area contributed by atoms with Crippen molar-refractivity contribution in [3.63, 3.8) is 0 Å². The van der Waals surface area contributed by atoms with E-state index in [1.165, 1.54) is 6.20 Å². The van der Waals surface area contributed by atoms with E-state index in [2.05, 4.69) is 15.3 Å². The van der Waals surface area contributed by atoms with Crippen LogP contribution in [0.1, 0.15) is 38.2 Å². The lowest BCUT2D eigenvalue weighted by atomic mass is 9.93. The standard InChI is InChI=1S/C13H17ClN4O/c1-2-19-11-5-3-10(4-6-11)17-13-16-8-9(7-15)12(14)18-13/h8,10-11H,2-6H2,1H3,(H,16,17,18)/t10-,11-. The molecule has 1 aliphatic carbocycles. The van der Waals surface area contributed by atoms with Crippen LogP contribution in [-0.2, 0) is 4.74 Å². The summed E-state index contributed by atoms with van der Waals surface area (Å²) in [7, 11) is 0. The third kappa shape index (κ3) is 3.79. The predicted molar refractivity (Wildman–Crippen MR) is 73.0 cm³/mol. The van der Waals surface area contributed by atoms with Crippen molar-refractivity contribution in [2.24, 2.45) is 0 Å². The Morgan fingerprint density at radius 2 is 2.21 bits per heavy atom. The van der Waals surface area contributed by atoms with Gasteiger partial charge in [-0.3, -0.25) is 0 Å². The second-order valence-electron chi connectivity index (χ2n) is 4.58. The average molecular weight is 281 g/mol. The molecule has 6 heteroatoms. The van der Waals surface area contributed by atoms with Crippen LogP contribution < -0.4 is 5.32 Å². The van der Waals surface area contributed by atoms with Gasteiger partial charge in [-0.25, -0.2) is 4.98 Å². The first-order valence-electron chi connectivity index (χ1n) is 6.53. The van der Waals surface area contributed by atoms with Crippen molar-refractivity contribution in [1.82, 2.24) is 9.97 Å². The van der Waals surface area contributed by atoms with Crippen molar-refractivity contribution in [3.05, 3.63) is 16.9 Å². The molecule has 1 aromatic rings. The van der Waals surface area contributed by atoms with Gasteiger partial charge < -0.3 is 10.1 Å². The first kappa shape index (κ1) is 14.0. The summed E-state index contributed by atoms with van der Waals surface area (Å²) in [5.41, 5.74) is 0.298. The summed E-state index contributed by atoms with van der Waals surface area (Å²) in [5, 5.41) is 12.2. The normalized spacial score (nSPS) is 22.8. The molecule has 0 atom stereocenters. The third-order valence-electron chi connectivity index (χ3n) is 3.27. The minimum atomic E-state index is 0.197. The molecule has 0 aliphatic heterocycles. The summed E-state index contributed by atoms with van der Waals surface area (Å²) < 4.78 is 5.61. The highest BCUT2D eigenvalue weighted by Gasteiger charge is 2.21. The van der Waals surface area contributed by atoms with E-state index in [-0.39, 0.29) is 5.15 Å². The minimum absolute atomic E-state index is 0.197. The van der Waals surface area contributed by atoms with Crippen LogP contribution in [0.2, 0.25) is 5.15 Å². The summed E-state index contributed by atoms with van der Waals surface area (Å²) in [4.78, 5) is 8.18. The second-order valence-corrected chi connectivity index (χ2v) is 4.94. The Balaban J connectivity index is 1.89. The van der Waals surface area contributed by atoms with Gasteiger partial charge in [0.25, 0.3) is 0 Å². The maximum Gasteiger partial charge on any atom is 0.224 e. The molecule has 5 nitrogen and oxygen atoms in total. The zero-order valence-corrected chi connectivity index (χ0v) is 11.7. The molecule has 1 saturated carbocycles. The van der Waals surface area contributed by atoms with E-state index >= 15 is 0 Å². The SMILES string of the molecule is CCO[C@H]1CC[C@H](Nc2ncc(C#N)c(Cl)n2)CC1. The van der Waals surface area contributed by atoms with Crippen LogP contribution in [-0.4, -0.2) is 28.7 Å². The molecule has 1 heterocycles. The van der Waals surface area contributed by atoms with Crippen LogP contribution in [0.3, 0.4) is 0 Å². The highest BCUT2D eigenvalue weighted by Crippen LogP contribution is 2.23. The summed E-state index contributed by atoms with van der Waals surface area (Å²) in [5.74, 6) is 0.490. The molecule has 0 unspecified atom stereocenters. The lowest BCUT2D eigenvalue weighted by Gasteiger charge is -2.28. The highest BCUT2D eigenvalue weighted by molar-refractivity contribution is 6.30. The van der Waals surface area contributed by atoms with Crippen LogP contribution in [0, 0.1) is 11.3 Å². The Morgan fingerprint density at radius 1 is 1.47 bits per heavy atom. The van der Waals surface area contributed by atoms with Gasteiger partial charge in [-0.05, 0) is 32.6 Å². The fourth-order valence-electron chi connectivity index (χ4n) is 2.30. The number of anilines is 1. The van der Waals surface area contributed by atoms with Crippen molar-refractivity contribution < 1.29 is 4.74 Å². The summed E-state index contributed by atoms with van der Waals surface area (Å²) in [6, 6.07) is 2.29. The Bertz CT molecular complexity index is 466. The minimum Gasteiger partial charge on any atom is -0.379 e. The van der Waals surface area contributed by atoms with Gasteiger partial charge in [0.1, 0.15) is 11.6 Å². The molecule has 1 fully saturated rings. The van der Waals surface area contributed by atoms with E-state index in [9.17, 15) is 0 Å². The van der Waals surface area contributed by atoms with Gasteiger partial charge in [0.15, 0.2) is 5.15 Å². The van der Waals surface area contributed by atoms with Crippen LogP contribution in [0.25, 0.3) is 0 Å². The highest BCUT2D eigenvalue weighted by atomic mass is 35.5. The molecule has 2 rings (SSSR count). The largest absolute Gasteiger partial charge is 0.379 e. The van der Waals surface area contributed by atoms with Crippen molar-refractivity contribution >= 4 is 17.5 Å². The molecule has 0 saturated heterocycles. The van der Waals surface area contributed by atoms with Crippen molar-refractivity contribution in [2.45, 2.75) is 44.8 Å². The fraction of sp³-hybridized carbons (Fsp3) is 0.615. The molecular weight excluding hydrogens is 264 g/mol. The van der Waals surface area contributed by atoms with Gasteiger partial charge in [-0.15, -0.1) is 0 Å². The van der Waals surface area contributed by atoms with E-state index in [1.807, 2.05) is 13.0 Å². The topological polar surface area (TPSA) is 70.8 Å². The molecule has 0 spiro atoms. The number of rotatable bonds is 4. The summed E-state index contributed by atoms with van der Waals surface area (Å²) >= 11 is 5.88. The average Bonchev–Trinajstić information content (AvgIpc) is 2.42. The van der Waals surface area contributed by atoms with E-state index < -0.39 is 0 Å². The van der Waals surface area contributed by atoms with Gasteiger partial charge in [-0.1, -0.05) is 11.6 Å². The zero-order valence-electron chi connectivity index (χ0n) is 10.9. The van der Waals surface area contributed by atoms with Crippen molar-refractivity contribution in [1.29, 1.82) is 5.26 Å². The Hall–Kier alpha value is -1.38. The smallest absolute Gasteiger partial charge is 0.224 e. The lowest BCUT2D eigenvalue weighted by molar-refractivity contribution is 0.0346. The summed E-state index contributed by atoms with van der Waals surface area (Å²) in [6.45, 7) is 2.80. The monoisotopic (exact) mass is 280 g/mol. The zero-order chi connectivity index (χ0) is 13.7. The van der Waals surface area contributed by atoms with Gasteiger partial charge >= 0.3 is 0 Å². The Kier molecular flexibility index (Phi) is 4.94. The van der Waals surface area contributed by atoms with Crippen LogP contribution in [0.4, 0.5) is 5.95 Å². The number of hydrogen-bond donors (Lipinski definition) is 1. The molecule has 1 N–H and O–H groups in total. The number of ether oxygens (including phenoxy) is 1. The molecular formula is C13H17ClN4O. The number of aromatic nitrogens is 2. The molecule has 19 heavy (non-hydrogen) atoms. The fourth-order valence-corrected chi connectivity index (χ4v) is 2.47. The van der Waals surface area contributed by atoms with Crippen LogP contribution >= 0.6 is 11.6 Å². The number of nitrogens with zero attached hydrogens (tertiary/aromatic N) is 3. The first-order chi connectivity index (χ1) is 9.22. The van der Waals surface area contributed by atoms with Crippen molar-refractivity contribution in [3.8, 4) is 6.07 Å². The summed E-state index contributed by atoms with van der Waals surface area (Å²) in [6.07, 6.45) is 6.00. The Labute approximate surface area is 118 Å². The van der Waals surface area contributed by atoms with Gasteiger partial charge in [-0.2, -0.15) is 10.2 Å². The van der Waals surface area contributed by atoms with Gasteiger partial charge in [0.05, 0.1) is 12.3 Å². The van der Waals surface area contributed by atoms with Gasteiger partial charge in [0, 0.05) is 12.6 Å². The van der Waals surface area contributed by atoms with E-state index in [4.69, 9.17) is 21.6 Å². The number of hydrogen-bond acceptors (Lipinski definition) is 5. The molecule has 0 amide bonds. The number of nitriles is 1. The van der Waals surface area contributed by atoms with Gasteiger partial charge in [0.2, 0.25) is 5.95 Å². The van der Waals surface area contributed by atoms with Crippen LogP contribution in [0.5, 0.6) is 0 Å². The first-order valence-corrected chi connectivity index (χ1v) is 6.91. The molecule has 0 bridgehead atoms. The predicted octanol–water partition coefficient (Wildman–Crippen LogP) is 2.76. The second kappa shape index (κ2) is 6.69. The van der Waals surface area contributed by atoms with E-state index in [0.717, 1.165) is 32.3 Å². The molecule has 102 valence electrons. The molecule has 1 aromatic heterocycles.